The van der Waals surface area contributed by atoms with Crippen LogP contribution >= 0.6 is 0 Å². The largest absolute Gasteiger partial charge is 0.462 e. The molecule has 0 aromatic rings. The third-order valence-corrected chi connectivity index (χ3v) is 16.6. The fourth-order valence-corrected chi connectivity index (χ4v) is 11.2. The highest BCUT2D eigenvalue weighted by Crippen LogP contribution is 2.19. The van der Waals surface area contributed by atoms with Gasteiger partial charge in [-0.15, -0.1) is 0 Å². The average Bonchev–Trinajstić information content (AvgIpc) is 3.47. The second-order valence-corrected chi connectivity index (χ2v) is 24.9. The molecule has 0 fully saturated rings. The van der Waals surface area contributed by atoms with E-state index >= 15 is 0 Å². The van der Waals surface area contributed by atoms with E-state index in [1.165, 1.54) is 289 Å². The molecule has 0 aromatic carbocycles. The fraction of sp³-hybridized carbons (Fsp3) is 0.880. The zero-order valence-electron chi connectivity index (χ0n) is 54.8. The van der Waals surface area contributed by atoms with E-state index < -0.39 is 6.10 Å². The predicted molar refractivity (Wildman–Crippen MR) is 353 cm³/mol. The van der Waals surface area contributed by atoms with Crippen molar-refractivity contribution in [2.75, 3.05) is 13.2 Å². The van der Waals surface area contributed by atoms with Crippen molar-refractivity contribution in [1.82, 2.24) is 0 Å². The normalized spacial score (nSPS) is 12.2. The molecule has 81 heavy (non-hydrogen) atoms. The monoisotopic (exact) mass is 1140 g/mol. The molecular formula is C75H140O6. The second kappa shape index (κ2) is 70.1. The van der Waals surface area contributed by atoms with Gasteiger partial charge in [0.2, 0.25) is 0 Å². The first-order chi connectivity index (χ1) is 40.0. The highest BCUT2D eigenvalue weighted by molar-refractivity contribution is 5.71. The van der Waals surface area contributed by atoms with E-state index in [9.17, 15) is 14.4 Å². The molecule has 1 atom stereocenters. The topological polar surface area (TPSA) is 78.9 Å². The van der Waals surface area contributed by atoms with Crippen molar-refractivity contribution < 1.29 is 28.6 Å². The van der Waals surface area contributed by atoms with E-state index in [2.05, 4.69) is 57.2 Å². The molecule has 0 spiro atoms. The van der Waals surface area contributed by atoms with Gasteiger partial charge in [0.25, 0.3) is 0 Å². The Kier molecular flexibility index (Phi) is 68.1. The Hall–Kier alpha value is -2.37. The summed E-state index contributed by atoms with van der Waals surface area (Å²) in [7, 11) is 0. The van der Waals surface area contributed by atoms with Gasteiger partial charge < -0.3 is 14.2 Å². The average molecular weight is 1140 g/mol. The number of carbonyl (C=O) groups excluding carboxylic acids is 3. The zero-order chi connectivity index (χ0) is 58.5. The molecule has 0 aliphatic carbocycles. The number of unbranched alkanes of at least 4 members (excludes halogenated alkanes) is 51. The number of esters is 3. The molecule has 0 rings (SSSR count). The Balaban J connectivity index is 3.95. The quantitative estimate of drug-likeness (QED) is 0.0261. The van der Waals surface area contributed by atoms with Gasteiger partial charge in [-0.1, -0.05) is 365 Å². The van der Waals surface area contributed by atoms with Gasteiger partial charge in [0, 0.05) is 19.3 Å². The van der Waals surface area contributed by atoms with Gasteiger partial charge in [-0.3, -0.25) is 14.4 Å². The van der Waals surface area contributed by atoms with Crippen LogP contribution in [0.4, 0.5) is 0 Å². The number of ether oxygens (including phenoxy) is 3. The van der Waals surface area contributed by atoms with E-state index in [4.69, 9.17) is 14.2 Å². The Morgan fingerprint density at radius 2 is 0.444 bits per heavy atom. The third kappa shape index (κ3) is 68.3. The Labute approximate surface area is 506 Å². The van der Waals surface area contributed by atoms with Gasteiger partial charge in [-0.2, -0.15) is 0 Å². The summed E-state index contributed by atoms with van der Waals surface area (Å²) in [5.41, 5.74) is 0. The molecule has 476 valence electrons. The van der Waals surface area contributed by atoms with Gasteiger partial charge in [-0.05, 0) is 57.8 Å². The summed E-state index contributed by atoms with van der Waals surface area (Å²) in [5.74, 6) is -0.869. The van der Waals surface area contributed by atoms with Crippen LogP contribution in [0.1, 0.15) is 406 Å². The van der Waals surface area contributed by atoms with Crippen molar-refractivity contribution in [2.24, 2.45) is 0 Å². The van der Waals surface area contributed by atoms with E-state index in [0.29, 0.717) is 19.3 Å². The smallest absolute Gasteiger partial charge is 0.306 e. The maximum absolute atomic E-state index is 12.9. The molecule has 6 heteroatoms. The lowest BCUT2D eigenvalue weighted by molar-refractivity contribution is -0.167. The van der Waals surface area contributed by atoms with Gasteiger partial charge in [0.15, 0.2) is 6.10 Å². The van der Waals surface area contributed by atoms with Crippen molar-refractivity contribution >= 4 is 17.9 Å². The predicted octanol–water partition coefficient (Wildman–Crippen LogP) is 25.1. The van der Waals surface area contributed by atoms with Crippen LogP contribution in [0, 0.1) is 0 Å². The molecule has 0 bridgehead atoms. The minimum Gasteiger partial charge on any atom is -0.462 e. The third-order valence-electron chi connectivity index (χ3n) is 16.6. The first-order valence-corrected chi connectivity index (χ1v) is 36.5. The van der Waals surface area contributed by atoms with Crippen molar-refractivity contribution in [2.45, 2.75) is 412 Å². The summed E-state index contributed by atoms with van der Waals surface area (Å²) < 4.78 is 16.9. The van der Waals surface area contributed by atoms with Crippen LogP contribution in [0.15, 0.2) is 36.5 Å². The van der Waals surface area contributed by atoms with Gasteiger partial charge in [-0.25, -0.2) is 0 Å². The lowest BCUT2D eigenvalue weighted by Crippen LogP contribution is -2.30. The van der Waals surface area contributed by atoms with Crippen molar-refractivity contribution in [3.63, 3.8) is 0 Å². The summed E-state index contributed by atoms with van der Waals surface area (Å²) in [6, 6.07) is 0. The lowest BCUT2D eigenvalue weighted by Gasteiger charge is -2.18. The molecule has 0 heterocycles. The maximum Gasteiger partial charge on any atom is 0.306 e. The summed E-state index contributed by atoms with van der Waals surface area (Å²) in [5, 5.41) is 0. The summed E-state index contributed by atoms with van der Waals surface area (Å²) in [4.78, 5) is 38.2. The van der Waals surface area contributed by atoms with Gasteiger partial charge in [0.1, 0.15) is 13.2 Å². The van der Waals surface area contributed by atoms with Crippen LogP contribution in [0.2, 0.25) is 0 Å². The molecule has 6 nitrogen and oxygen atoms in total. The first kappa shape index (κ1) is 78.6. The molecule has 1 unspecified atom stereocenters. The standard InChI is InChI=1S/C75H140O6/c1-4-7-10-13-16-18-20-22-24-26-28-30-31-32-33-34-35-36-37-38-39-40-41-42-43-45-46-48-50-52-54-56-59-62-65-68-74(77)80-71-72(70-79-73(76)67-64-61-58-15-12-9-6-3)81-75(78)69-66-63-60-57-55-53-51-49-47-44-29-27-25-23-21-19-17-14-11-8-5-2/h21,23,27,29,47,49,72H,4-20,22,24-26,28,30-46,48,50-71H2,1-3H3/b23-21-,29-27-,49-47-. The maximum atomic E-state index is 12.9. The molecule has 0 aliphatic heterocycles. The first-order valence-electron chi connectivity index (χ1n) is 36.5. The van der Waals surface area contributed by atoms with Crippen molar-refractivity contribution in [1.29, 1.82) is 0 Å². The molecule has 0 aromatic heterocycles. The fourth-order valence-electron chi connectivity index (χ4n) is 11.2. The van der Waals surface area contributed by atoms with E-state index in [0.717, 1.165) is 77.0 Å². The number of hydrogen-bond acceptors (Lipinski definition) is 6. The lowest BCUT2D eigenvalue weighted by atomic mass is 10.0. The number of carbonyl (C=O) groups is 3. The Bertz CT molecular complexity index is 1350. The van der Waals surface area contributed by atoms with Crippen LogP contribution in [-0.2, 0) is 28.6 Å². The molecule has 0 saturated heterocycles. The van der Waals surface area contributed by atoms with Gasteiger partial charge in [0.05, 0.1) is 0 Å². The van der Waals surface area contributed by atoms with Crippen LogP contribution in [0.25, 0.3) is 0 Å². The van der Waals surface area contributed by atoms with Crippen LogP contribution in [0.3, 0.4) is 0 Å². The van der Waals surface area contributed by atoms with Crippen LogP contribution in [-0.4, -0.2) is 37.2 Å². The Morgan fingerprint density at radius 1 is 0.247 bits per heavy atom. The highest BCUT2D eigenvalue weighted by atomic mass is 16.6. The number of rotatable bonds is 68. The van der Waals surface area contributed by atoms with Crippen molar-refractivity contribution in [3.05, 3.63) is 36.5 Å². The zero-order valence-corrected chi connectivity index (χ0v) is 54.8. The molecule has 0 amide bonds. The molecule has 0 radical (unpaired) electrons. The van der Waals surface area contributed by atoms with Crippen molar-refractivity contribution in [3.8, 4) is 0 Å². The summed E-state index contributed by atoms with van der Waals surface area (Å²) in [6.45, 7) is 6.64. The summed E-state index contributed by atoms with van der Waals surface area (Å²) >= 11 is 0. The van der Waals surface area contributed by atoms with Crippen LogP contribution in [0.5, 0.6) is 0 Å². The minimum atomic E-state index is -0.775. The van der Waals surface area contributed by atoms with Crippen LogP contribution < -0.4 is 0 Å². The molecular weight excluding hydrogens is 997 g/mol. The van der Waals surface area contributed by atoms with E-state index in [1.807, 2.05) is 0 Å². The van der Waals surface area contributed by atoms with Gasteiger partial charge >= 0.3 is 17.9 Å². The Morgan fingerprint density at radius 3 is 0.691 bits per heavy atom. The number of hydrogen-bond donors (Lipinski definition) is 0. The molecule has 0 saturated carbocycles. The van der Waals surface area contributed by atoms with E-state index in [-0.39, 0.29) is 31.1 Å². The molecule has 0 N–H and O–H groups in total. The number of allylic oxidation sites excluding steroid dienone is 6. The second-order valence-electron chi connectivity index (χ2n) is 24.9. The minimum absolute atomic E-state index is 0.0731. The highest BCUT2D eigenvalue weighted by Gasteiger charge is 2.19. The van der Waals surface area contributed by atoms with E-state index in [1.54, 1.807) is 0 Å². The molecule has 0 aliphatic rings. The summed E-state index contributed by atoms with van der Waals surface area (Å²) in [6.07, 6.45) is 88.0. The SMILES string of the molecule is CCCCCCC/C=C\C/C=C\C/C=C\CCCCCCCCC(=O)OC(COC(=O)CCCCCCCCC)COC(=O)CCCCCCCCCCCCCCCCCCCCCCCCCCCCCCCCCCCCC.